The van der Waals surface area contributed by atoms with Gasteiger partial charge < -0.3 is 20.3 Å². The first-order valence-electron chi connectivity index (χ1n) is 4.54. The summed E-state index contributed by atoms with van der Waals surface area (Å²) in [5.41, 5.74) is 4.97. The maximum Gasteiger partial charge on any atom is 0.325 e. The Hall–Kier alpha value is -0.650. The first-order valence-corrected chi connectivity index (χ1v) is 4.54. The zero-order valence-corrected chi connectivity index (χ0v) is 8.95. The van der Waals surface area contributed by atoms with Gasteiger partial charge in [-0.2, -0.15) is 0 Å². The molecule has 0 amide bonds. The van der Waals surface area contributed by atoms with Crippen LogP contribution in [0.1, 0.15) is 20.8 Å². The van der Waals surface area contributed by atoms with Crippen LogP contribution in [0.2, 0.25) is 0 Å². The molecule has 0 radical (unpaired) electrons. The lowest BCUT2D eigenvalue weighted by atomic mass is 10.2. The van der Waals surface area contributed by atoms with Gasteiger partial charge in [0.2, 0.25) is 0 Å². The summed E-state index contributed by atoms with van der Waals surface area (Å²) < 4.78 is 10.1. The van der Waals surface area contributed by atoms with Gasteiger partial charge >= 0.3 is 5.97 Å². The van der Waals surface area contributed by atoms with Crippen molar-refractivity contribution in [2.24, 2.45) is 5.73 Å². The third-order valence-electron chi connectivity index (χ3n) is 1.36. The normalized spacial score (nSPS) is 13.8. The van der Waals surface area contributed by atoms with Crippen molar-refractivity contribution in [3.8, 4) is 0 Å². The molecule has 3 N–H and O–H groups in total. The Balaban J connectivity index is 3.51. The summed E-state index contributed by atoms with van der Waals surface area (Å²) in [6.07, 6.45) is 0. The predicted octanol–water partition coefficient (Wildman–Crippen LogP) is -0.336. The summed E-state index contributed by atoms with van der Waals surface area (Å²) in [5.74, 6) is -0.606. The maximum atomic E-state index is 10.9. The van der Waals surface area contributed by atoms with Gasteiger partial charge in [-0.15, -0.1) is 0 Å². The second-order valence-electron chi connectivity index (χ2n) is 3.92. The molecular formula is C9H19NO4. The van der Waals surface area contributed by atoms with Crippen LogP contribution in [0.4, 0.5) is 0 Å². The molecule has 0 fully saturated rings. The van der Waals surface area contributed by atoms with E-state index in [4.69, 9.17) is 20.3 Å². The van der Waals surface area contributed by atoms with Gasteiger partial charge in [0.05, 0.1) is 18.8 Å². The molecule has 0 unspecified atom stereocenters. The molecule has 14 heavy (non-hydrogen) atoms. The molecule has 0 spiro atoms. The van der Waals surface area contributed by atoms with Crippen molar-refractivity contribution in [1.29, 1.82) is 0 Å². The lowest BCUT2D eigenvalue weighted by molar-refractivity contribution is -0.149. The Labute approximate surface area is 84.2 Å². The van der Waals surface area contributed by atoms with Crippen LogP contribution in [0.3, 0.4) is 0 Å². The first-order chi connectivity index (χ1) is 6.37. The number of nitrogens with two attached hydrogens (primary N) is 1. The fraction of sp³-hybridized carbons (Fsp3) is 0.889. The van der Waals surface area contributed by atoms with Crippen LogP contribution in [0.5, 0.6) is 0 Å². The van der Waals surface area contributed by atoms with Crippen molar-refractivity contribution in [3.05, 3.63) is 0 Å². The van der Waals surface area contributed by atoms with Crippen molar-refractivity contribution in [2.75, 3.05) is 19.8 Å². The van der Waals surface area contributed by atoms with Gasteiger partial charge in [-0.1, -0.05) is 0 Å². The second kappa shape index (κ2) is 5.95. The van der Waals surface area contributed by atoms with Crippen LogP contribution in [0.25, 0.3) is 0 Å². The highest BCUT2D eigenvalue weighted by atomic mass is 16.6. The molecule has 0 aliphatic rings. The highest BCUT2D eigenvalue weighted by Gasteiger charge is 2.14. The summed E-state index contributed by atoms with van der Waals surface area (Å²) in [5, 5.41) is 8.53. The van der Waals surface area contributed by atoms with E-state index in [-0.39, 0.29) is 12.2 Å². The van der Waals surface area contributed by atoms with Crippen LogP contribution >= 0.6 is 0 Å². The largest absolute Gasteiger partial charge is 0.462 e. The number of aliphatic hydroxyl groups excluding tert-OH is 1. The summed E-state index contributed by atoms with van der Waals surface area (Å²) in [7, 11) is 0. The van der Waals surface area contributed by atoms with E-state index in [0.29, 0.717) is 6.61 Å². The van der Waals surface area contributed by atoms with Crippen LogP contribution in [0.15, 0.2) is 0 Å². The van der Waals surface area contributed by atoms with E-state index in [9.17, 15) is 4.79 Å². The molecule has 0 aromatic heterocycles. The zero-order valence-electron chi connectivity index (χ0n) is 8.95. The van der Waals surface area contributed by atoms with Gasteiger partial charge in [0, 0.05) is 0 Å². The minimum atomic E-state index is -0.954. The monoisotopic (exact) mass is 205 g/mol. The zero-order chi connectivity index (χ0) is 11.2. The minimum Gasteiger partial charge on any atom is -0.462 e. The Bertz CT molecular complexity index is 176. The molecule has 0 bridgehead atoms. The lowest BCUT2D eigenvalue weighted by Gasteiger charge is -2.19. The molecule has 0 aliphatic carbocycles. The van der Waals surface area contributed by atoms with Gasteiger partial charge in [-0.3, -0.25) is 4.79 Å². The van der Waals surface area contributed by atoms with Gasteiger partial charge in [-0.05, 0) is 20.8 Å². The average Bonchev–Trinajstić information content (AvgIpc) is 2.09. The van der Waals surface area contributed by atoms with Gasteiger partial charge in [-0.25, -0.2) is 0 Å². The standard InChI is InChI=1S/C9H19NO4/c1-9(2,3)14-5-4-13-8(12)7(10)6-11/h7,11H,4-6,10H2,1-3H3/t7-/m1/s1. The minimum absolute atomic E-state index is 0.157. The van der Waals surface area contributed by atoms with Gasteiger partial charge in [0.1, 0.15) is 12.6 Å². The molecule has 0 saturated heterocycles. The summed E-state index contributed by atoms with van der Waals surface area (Å²) in [4.78, 5) is 10.9. The maximum absolute atomic E-state index is 10.9. The number of esters is 1. The van der Waals surface area contributed by atoms with E-state index in [2.05, 4.69) is 0 Å². The van der Waals surface area contributed by atoms with Crippen molar-refractivity contribution in [2.45, 2.75) is 32.4 Å². The van der Waals surface area contributed by atoms with Crippen LogP contribution < -0.4 is 5.73 Å². The van der Waals surface area contributed by atoms with Crippen LogP contribution in [0, 0.1) is 0 Å². The highest BCUT2D eigenvalue weighted by Crippen LogP contribution is 2.05. The predicted molar refractivity (Wildman–Crippen MR) is 51.7 cm³/mol. The van der Waals surface area contributed by atoms with E-state index in [1.54, 1.807) is 0 Å². The topological polar surface area (TPSA) is 81.8 Å². The Morgan fingerprint density at radius 1 is 1.43 bits per heavy atom. The number of hydrogen-bond donors (Lipinski definition) is 2. The summed E-state index contributed by atoms with van der Waals surface area (Å²) in [6, 6.07) is -0.954. The quantitative estimate of drug-likeness (QED) is 0.474. The molecule has 0 aromatic rings. The van der Waals surface area contributed by atoms with E-state index < -0.39 is 18.6 Å². The molecular weight excluding hydrogens is 186 g/mol. The van der Waals surface area contributed by atoms with E-state index in [1.165, 1.54) is 0 Å². The van der Waals surface area contributed by atoms with Gasteiger partial charge in [0.15, 0.2) is 0 Å². The number of hydrogen-bond acceptors (Lipinski definition) is 5. The molecule has 0 aliphatic heterocycles. The first kappa shape index (κ1) is 13.4. The second-order valence-corrected chi connectivity index (χ2v) is 3.92. The molecule has 0 saturated carbocycles. The van der Waals surface area contributed by atoms with Gasteiger partial charge in [0.25, 0.3) is 0 Å². The van der Waals surface area contributed by atoms with Crippen LogP contribution in [-0.4, -0.2) is 42.5 Å². The molecule has 84 valence electrons. The van der Waals surface area contributed by atoms with Crippen molar-refractivity contribution in [3.63, 3.8) is 0 Å². The van der Waals surface area contributed by atoms with E-state index in [1.807, 2.05) is 20.8 Å². The van der Waals surface area contributed by atoms with Crippen molar-refractivity contribution < 1.29 is 19.4 Å². The Kier molecular flexibility index (Phi) is 5.68. The number of aliphatic hydroxyl groups is 1. The van der Waals surface area contributed by atoms with Crippen LogP contribution in [-0.2, 0) is 14.3 Å². The fourth-order valence-corrected chi connectivity index (χ4v) is 0.672. The Morgan fingerprint density at radius 3 is 2.43 bits per heavy atom. The fourth-order valence-electron chi connectivity index (χ4n) is 0.672. The van der Waals surface area contributed by atoms with Crippen molar-refractivity contribution >= 4 is 5.97 Å². The summed E-state index contributed by atoms with van der Waals surface area (Å²) >= 11 is 0. The number of rotatable bonds is 5. The number of carbonyl (C=O) groups is 1. The third kappa shape index (κ3) is 6.82. The smallest absolute Gasteiger partial charge is 0.325 e. The molecule has 0 aromatic carbocycles. The number of carbonyl (C=O) groups excluding carboxylic acids is 1. The third-order valence-corrected chi connectivity index (χ3v) is 1.36. The number of ether oxygens (including phenoxy) is 2. The molecule has 1 atom stereocenters. The molecule has 5 heteroatoms. The Morgan fingerprint density at radius 2 is 2.00 bits per heavy atom. The van der Waals surface area contributed by atoms with E-state index in [0.717, 1.165) is 0 Å². The summed E-state index contributed by atoms with van der Waals surface area (Å²) in [6.45, 7) is 5.81. The highest BCUT2D eigenvalue weighted by molar-refractivity contribution is 5.75. The average molecular weight is 205 g/mol. The molecule has 5 nitrogen and oxygen atoms in total. The van der Waals surface area contributed by atoms with E-state index >= 15 is 0 Å². The van der Waals surface area contributed by atoms with Crippen molar-refractivity contribution in [1.82, 2.24) is 0 Å². The molecule has 0 rings (SSSR count). The molecule has 0 heterocycles. The lowest BCUT2D eigenvalue weighted by Crippen LogP contribution is -2.36. The SMILES string of the molecule is CC(C)(C)OCCOC(=O)[C@H](N)CO.